The second-order valence-corrected chi connectivity index (χ2v) is 9.24. The fraction of sp³-hybridized carbons (Fsp3) is 0.154. The second-order valence-electron chi connectivity index (χ2n) is 7.43. The molecular weight excluding hydrogens is 493 g/mol. The molecule has 2 amide bonds. The summed E-state index contributed by atoms with van der Waals surface area (Å²) >= 11 is 13.0. The van der Waals surface area contributed by atoms with Gasteiger partial charge in [0.05, 0.1) is 28.1 Å². The summed E-state index contributed by atoms with van der Waals surface area (Å²) in [7, 11) is 0. The molecule has 1 heterocycles. The molecule has 0 aromatic heterocycles. The first-order chi connectivity index (χ1) is 16.4. The summed E-state index contributed by atoms with van der Waals surface area (Å²) in [4.78, 5) is 26.9. The minimum Gasteiger partial charge on any atom is -0.490 e. The standard InChI is InChI=1S/C26H21Cl2NO4S/c1-2-32-23-13-18(9-11-22(23)33-16-19-8-10-20(27)21(28)12-19)14-24-25(30)29(26(31)34-24)15-17-6-4-3-5-7-17/h3-14H,2,15-16H2,1H3/b24-14+. The van der Waals surface area contributed by atoms with E-state index in [0.717, 1.165) is 28.5 Å². The topological polar surface area (TPSA) is 55.8 Å². The second kappa shape index (κ2) is 11.0. The fourth-order valence-electron chi connectivity index (χ4n) is 3.35. The number of thioether (sulfide) groups is 1. The Labute approximate surface area is 212 Å². The smallest absolute Gasteiger partial charge is 0.293 e. The molecule has 0 unspecified atom stereocenters. The molecule has 4 rings (SSSR count). The Morgan fingerprint density at radius 2 is 1.68 bits per heavy atom. The van der Waals surface area contributed by atoms with Crippen molar-refractivity contribution in [2.24, 2.45) is 0 Å². The lowest BCUT2D eigenvalue weighted by molar-refractivity contribution is -0.123. The number of halogens is 2. The van der Waals surface area contributed by atoms with Gasteiger partial charge in [-0.1, -0.05) is 65.7 Å². The number of hydrogen-bond donors (Lipinski definition) is 0. The Morgan fingerprint density at radius 1 is 0.882 bits per heavy atom. The van der Waals surface area contributed by atoms with E-state index in [1.165, 1.54) is 4.90 Å². The van der Waals surface area contributed by atoms with Gasteiger partial charge in [-0.05, 0) is 65.7 Å². The summed E-state index contributed by atoms with van der Waals surface area (Å²) in [5, 5.41) is 0.661. The van der Waals surface area contributed by atoms with Crippen LogP contribution in [0.5, 0.6) is 11.5 Å². The molecule has 3 aromatic rings. The Bertz CT molecular complexity index is 1250. The zero-order chi connectivity index (χ0) is 24.1. The van der Waals surface area contributed by atoms with Gasteiger partial charge in [0.15, 0.2) is 11.5 Å². The minimum absolute atomic E-state index is 0.245. The van der Waals surface area contributed by atoms with Gasteiger partial charge in [-0.15, -0.1) is 0 Å². The van der Waals surface area contributed by atoms with E-state index in [-0.39, 0.29) is 24.3 Å². The van der Waals surface area contributed by atoms with Gasteiger partial charge in [0, 0.05) is 0 Å². The van der Waals surface area contributed by atoms with E-state index >= 15 is 0 Å². The van der Waals surface area contributed by atoms with E-state index < -0.39 is 0 Å². The lowest BCUT2D eigenvalue weighted by atomic mass is 10.1. The summed E-state index contributed by atoms with van der Waals surface area (Å²) in [5.74, 6) is 0.791. The molecule has 1 aliphatic heterocycles. The zero-order valence-electron chi connectivity index (χ0n) is 18.3. The van der Waals surface area contributed by atoms with Crippen molar-refractivity contribution in [2.75, 3.05) is 6.61 Å². The van der Waals surface area contributed by atoms with E-state index in [4.69, 9.17) is 32.7 Å². The third-order valence-corrected chi connectivity index (χ3v) is 6.65. The Morgan fingerprint density at radius 3 is 2.41 bits per heavy atom. The molecule has 0 saturated carbocycles. The number of amides is 2. The molecule has 5 nitrogen and oxygen atoms in total. The fourth-order valence-corrected chi connectivity index (χ4v) is 4.51. The third-order valence-electron chi connectivity index (χ3n) is 5.00. The van der Waals surface area contributed by atoms with Crippen molar-refractivity contribution in [2.45, 2.75) is 20.1 Å². The molecule has 8 heteroatoms. The van der Waals surface area contributed by atoms with Crippen LogP contribution in [-0.4, -0.2) is 22.7 Å². The van der Waals surface area contributed by atoms with E-state index in [1.54, 1.807) is 30.3 Å². The molecule has 0 spiro atoms. The molecule has 34 heavy (non-hydrogen) atoms. The maximum absolute atomic E-state index is 12.9. The first-order valence-electron chi connectivity index (χ1n) is 10.6. The maximum atomic E-state index is 12.9. The number of imide groups is 1. The summed E-state index contributed by atoms with van der Waals surface area (Å²) in [6, 6.07) is 20.1. The van der Waals surface area contributed by atoms with Crippen LogP contribution in [0.25, 0.3) is 6.08 Å². The number of carbonyl (C=O) groups excluding carboxylic acids is 2. The number of nitrogens with zero attached hydrogens (tertiary/aromatic N) is 1. The van der Waals surface area contributed by atoms with Crippen LogP contribution in [0.3, 0.4) is 0 Å². The lowest BCUT2D eigenvalue weighted by Gasteiger charge is -2.13. The van der Waals surface area contributed by atoms with Crippen LogP contribution in [0.4, 0.5) is 4.79 Å². The molecule has 0 radical (unpaired) electrons. The highest BCUT2D eigenvalue weighted by Crippen LogP contribution is 2.35. The highest BCUT2D eigenvalue weighted by Gasteiger charge is 2.35. The van der Waals surface area contributed by atoms with E-state index in [0.29, 0.717) is 33.1 Å². The highest BCUT2D eigenvalue weighted by molar-refractivity contribution is 8.18. The van der Waals surface area contributed by atoms with Gasteiger partial charge in [0.1, 0.15) is 6.61 Å². The quantitative estimate of drug-likeness (QED) is 0.298. The molecule has 1 aliphatic rings. The van der Waals surface area contributed by atoms with Gasteiger partial charge < -0.3 is 9.47 Å². The van der Waals surface area contributed by atoms with Gasteiger partial charge in [0.2, 0.25) is 0 Å². The van der Waals surface area contributed by atoms with Crippen molar-refractivity contribution < 1.29 is 19.1 Å². The van der Waals surface area contributed by atoms with Gasteiger partial charge >= 0.3 is 0 Å². The Kier molecular flexibility index (Phi) is 7.83. The predicted molar refractivity (Wildman–Crippen MR) is 136 cm³/mol. The summed E-state index contributed by atoms with van der Waals surface area (Å²) in [5.41, 5.74) is 2.50. The van der Waals surface area contributed by atoms with Crippen molar-refractivity contribution in [1.82, 2.24) is 4.90 Å². The molecule has 174 valence electrons. The largest absolute Gasteiger partial charge is 0.490 e. The van der Waals surface area contributed by atoms with Crippen LogP contribution >= 0.6 is 35.0 Å². The molecule has 0 atom stereocenters. The van der Waals surface area contributed by atoms with Crippen molar-refractivity contribution in [1.29, 1.82) is 0 Å². The number of hydrogen-bond acceptors (Lipinski definition) is 5. The van der Waals surface area contributed by atoms with Crippen molar-refractivity contribution in [3.05, 3.63) is 98.4 Å². The summed E-state index contributed by atoms with van der Waals surface area (Å²) in [6.07, 6.45) is 1.70. The van der Waals surface area contributed by atoms with Crippen LogP contribution < -0.4 is 9.47 Å². The van der Waals surface area contributed by atoms with Crippen LogP contribution in [-0.2, 0) is 17.9 Å². The SMILES string of the molecule is CCOc1cc(/C=C2/SC(=O)N(Cc3ccccc3)C2=O)ccc1OCc1ccc(Cl)c(Cl)c1. The zero-order valence-corrected chi connectivity index (χ0v) is 20.6. The van der Waals surface area contributed by atoms with E-state index in [9.17, 15) is 9.59 Å². The number of benzene rings is 3. The Hall–Kier alpha value is -2.93. The van der Waals surface area contributed by atoms with E-state index in [2.05, 4.69) is 0 Å². The maximum Gasteiger partial charge on any atom is 0.293 e. The van der Waals surface area contributed by atoms with Gasteiger partial charge in [-0.2, -0.15) is 0 Å². The van der Waals surface area contributed by atoms with Crippen molar-refractivity contribution in [3.63, 3.8) is 0 Å². The molecule has 0 bridgehead atoms. The molecule has 1 saturated heterocycles. The minimum atomic E-state index is -0.309. The highest BCUT2D eigenvalue weighted by atomic mass is 35.5. The first kappa shape index (κ1) is 24.2. The van der Waals surface area contributed by atoms with Crippen molar-refractivity contribution in [3.8, 4) is 11.5 Å². The first-order valence-corrected chi connectivity index (χ1v) is 12.1. The monoisotopic (exact) mass is 513 g/mol. The van der Waals surface area contributed by atoms with Crippen LogP contribution in [0.2, 0.25) is 10.0 Å². The van der Waals surface area contributed by atoms with Crippen LogP contribution in [0, 0.1) is 0 Å². The number of ether oxygens (including phenoxy) is 2. The van der Waals surface area contributed by atoms with Gasteiger partial charge in [-0.25, -0.2) is 0 Å². The number of rotatable bonds is 8. The predicted octanol–water partition coefficient (Wildman–Crippen LogP) is 7.21. The van der Waals surface area contributed by atoms with Crippen LogP contribution in [0.15, 0.2) is 71.6 Å². The molecular formula is C26H21Cl2NO4S. The summed E-state index contributed by atoms with van der Waals surface area (Å²) in [6.45, 7) is 2.85. The average Bonchev–Trinajstić information content (AvgIpc) is 3.09. The van der Waals surface area contributed by atoms with Crippen LogP contribution in [0.1, 0.15) is 23.6 Å². The summed E-state index contributed by atoms with van der Waals surface area (Å²) < 4.78 is 11.7. The Balaban J connectivity index is 1.50. The molecule has 0 N–H and O–H groups in total. The number of carbonyl (C=O) groups is 2. The average molecular weight is 514 g/mol. The van der Waals surface area contributed by atoms with Gasteiger partial charge in [-0.3, -0.25) is 14.5 Å². The van der Waals surface area contributed by atoms with Crippen molar-refractivity contribution >= 4 is 52.2 Å². The third kappa shape index (κ3) is 5.76. The normalized spacial score (nSPS) is 14.7. The molecule has 3 aromatic carbocycles. The molecule has 1 fully saturated rings. The van der Waals surface area contributed by atoms with E-state index in [1.807, 2.05) is 49.4 Å². The molecule has 0 aliphatic carbocycles. The van der Waals surface area contributed by atoms with Gasteiger partial charge in [0.25, 0.3) is 11.1 Å². The lowest BCUT2D eigenvalue weighted by Crippen LogP contribution is -2.27.